The molecule has 0 aliphatic carbocycles. The first-order chi connectivity index (χ1) is 13.1. The van der Waals surface area contributed by atoms with Crippen molar-refractivity contribution in [1.29, 1.82) is 0 Å². The van der Waals surface area contributed by atoms with Gasteiger partial charge in [0.25, 0.3) is 0 Å². The highest BCUT2D eigenvalue weighted by atomic mass is 16.2. The maximum Gasteiger partial charge on any atom is 0.229 e. The van der Waals surface area contributed by atoms with E-state index in [4.69, 9.17) is 0 Å². The highest BCUT2D eigenvalue weighted by Crippen LogP contribution is 2.37. The third kappa shape index (κ3) is 4.20. The summed E-state index contributed by atoms with van der Waals surface area (Å²) in [4.78, 5) is 17.3. The molecule has 3 aliphatic rings. The number of benzene rings is 1. The Morgan fingerprint density at radius 2 is 2.11 bits per heavy atom. The largest absolute Gasteiger partial charge is 0.326 e. The molecule has 0 spiro atoms. The standard InChI is InChI=1S/C20H28N6O/c1-24(2)11-17-12-26(23-22-17)13-18-10-15-8-9-25(18)14-19(15)20(27)21-16-6-4-3-5-7-16/h3-7,12,15,18-19H,8-11,13-14H2,1-2H3,(H,21,27). The lowest BCUT2D eigenvalue weighted by atomic mass is 9.75. The number of amides is 1. The number of fused-ring (bicyclic) bond motifs is 3. The Morgan fingerprint density at radius 1 is 1.30 bits per heavy atom. The van der Waals surface area contributed by atoms with Gasteiger partial charge in [0, 0.05) is 31.0 Å². The van der Waals surface area contributed by atoms with Gasteiger partial charge >= 0.3 is 0 Å². The number of piperidine rings is 3. The zero-order valence-electron chi connectivity index (χ0n) is 16.1. The maximum atomic E-state index is 12.8. The molecule has 1 aromatic carbocycles. The number of carbonyl (C=O) groups is 1. The molecule has 0 saturated carbocycles. The van der Waals surface area contributed by atoms with Crippen molar-refractivity contribution in [2.75, 3.05) is 32.5 Å². The SMILES string of the molecule is CN(C)Cc1cn(CC2CC3CCN2CC3C(=O)Nc2ccccc2)nn1. The van der Waals surface area contributed by atoms with Gasteiger partial charge in [-0.3, -0.25) is 14.4 Å². The van der Waals surface area contributed by atoms with Gasteiger partial charge in [-0.2, -0.15) is 0 Å². The van der Waals surface area contributed by atoms with Crippen LogP contribution in [0.3, 0.4) is 0 Å². The molecule has 2 bridgehead atoms. The van der Waals surface area contributed by atoms with Gasteiger partial charge in [-0.1, -0.05) is 23.4 Å². The van der Waals surface area contributed by atoms with Gasteiger partial charge in [-0.15, -0.1) is 5.10 Å². The van der Waals surface area contributed by atoms with Crippen molar-refractivity contribution in [3.05, 3.63) is 42.2 Å². The third-order valence-electron chi connectivity index (χ3n) is 5.72. The molecule has 5 rings (SSSR count). The van der Waals surface area contributed by atoms with E-state index in [2.05, 4.69) is 25.4 Å². The lowest BCUT2D eigenvalue weighted by Crippen LogP contribution is -2.57. The monoisotopic (exact) mass is 368 g/mol. The first-order valence-corrected chi connectivity index (χ1v) is 9.72. The second kappa shape index (κ2) is 7.78. The molecule has 4 unspecified atom stereocenters. The van der Waals surface area contributed by atoms with Crippen LogP contribution in [0.15, 0.2) is 36.5 Å². The average Bonchev–Trinajstić information content (AvgIpc) is 3.09. The van der Waals surface area contributed by atoms with Crippen LogP contribution in [0.5, 0.6) is 0 Å². The van der Waals surface area contributed by atoms with E-state index in [1.165, 1.54) is 0 Å². The van der Waals surface area contributed by atoms with E-state index in [0.717, 1.165) is 50.4 Å². The number of nitrogens with zero attached hydrogens (tertiary/aromatic N) is 5. The van der Waals surface area contributed by atoms with Gasteiger partial charge in [-0.25, -0.2) is 0 Å². The topological polar surface area (TPSA) is 66.3 Å². The van der Waals surface area contributed by atoms with E-state index in [1.54, 1.807) is 0 Å². The molecule has 1 aromatic heterocycles. The lowest BCUT2D eigenvalue weighted by Gasteiger charge is -2.49. The molecule has 27 heavy (non-hydrogen) atoms. The van der Waals surface area contributed by atoms with Crippen LogP contribution in [0.2, 0.25) is 0 Å². The molecule has 7 nitrogen and oxygen atoms in total. The Labute approximate surface area is 160 Å². The van der Waals surface area contributed by atoms with Crippen LogP contribution < -0.4 is 5.32 Å². The summed E-state index contributed by atoms with van der Waals surface area (Å²) in [5, 5.41) is 11.6. The lowest BCUT2D eigenvalue weighted by molar-refractivity contribution is -0.127. The van der Waals surface area contributed by atoms with Crippen LogP contribution in [0.4, 0.5) is 5.69 Å². The van der Waals surface area contributed by atoms with Crippen molar-refractivity contribution in [2.24, 2.45) is 11.8 Å². The first-order valence-electron chi connectivity index (χ1n) is 9.72. The number of hydrogen-bond acceptors (Lipinski definition) is 5. The second-order valence-electron chi connectivity index (χ2n) is 8.06. The van der Waals surface area contributed by atoms with E-state index < -0.39 is 0 Å². The summed E-state index contributed by atoms with van der Waals surface area (Å²) in [6.45, 7) is 3.57. The fraction of sp³-hybridized carbons (Fsp3) is 0.550. The molecule has 7 heteroatoms. The van der Waals surface area contributed by atoms with Crippen molar-refractivity contribution < 1.29 is 4.79 Å². The Bertz CT molecular complexity index is 774. The van der Waals surface area contributed by atoms with Crippen molar-refractivity contribution >= 4 is 11.6 Å². The van der Waals surface area contributed by atoms with Gasteiger partial charge in [-0.05, 0) is 51.5 Å². The fourth-order valence-electron chi connectivity index (χ4n) is 4.42. The summed E-state index contributed by atoms with van der Waals surface area (Å²) in [5.74, 6) is 0.687. The number of hydrogen-bond donors (Lipinski definition) is 1. The molecule has 2 aromatic rings. The summed E-state index contributed by atoms with van der Waals surface area (Å²) < 4.78 is 1.96. The molecule has 1 amide bonds. The fourth-order valence-corrected chi connectivity index (χ4v) is 4.42. The van der Waals surface area contributed by atoms with Gasteiger partial charge in [0.2, 0.25) is 5.91 Å². The van der Waals surface area contributed by atoms with Gasteiger partial charge in [0.1, 0.15) is 0 Å². The average molecular weight is 368 g/mol. The number of nitrogens with one attached hydrogen (secondary N) is 1. The van der Waals surface area contributed by atoms with E-state index in [1.807, 2.05) is 55.3 Å². The smallest absolute Gasteiger partial charge is 0.229 e. The van der Waals surface area contributed by atoms with E-state index in [0.29, 0.717) is 12.0 Å². The van der Waals surface area contributed by atoms with Gasteiger partial charge in [0.05, 0.1) is 18.2 Å². The molecule has 1 N–H and O–H groups in total. The van der Waals surface area contributed by atoms with Crippen LogP contribution in [-0.2, 0) is 17.9 Å². The number of para-hydroxylation sites is 1. The predicted octanol–water partition coefficient (Wildman–Crippen LogP) is 1.69. The second-order valence-corrected chi connectivity index (χ2v) is 8.06. The first kappa shape index (κ1) is 18.1. The Kier molecular flexibility index (Phi) is 5.22. The van der Waals surface area contributed by atoms with Crippen LogP contribution in [0.1, 0.15) is 18.5 Å². The highest BCUT2D eigenvalue weighted by molar-refractivity contribution is 5.93. The molecular weight excluding hydrogens is 340 g/mol. The summed E-state index contributed by atoms with van der Waals surface area (Å²) in [5.41, 5.74) is 1.88. The van der Waals surface area contributed by atoms with E-state index in [9.17, 15) is 4.79 Å². The molecule has 0 radical (unpaired) electrons. The molecule has 4 heterocycles. The van der Waals surface area contributed by atoms with E-state index >= 15 is 0 Å². The predicted molar refractivity (Wildman–Crippen MR) is 104 cm³/mol. The van der Waals surface area contributed by atoms with Crippen LogP contribution in [0, 0.1) is 11.8 Å². The summed E-state index contributed by atoms with van der Waals surface area (Å²) in [7, 11) is 4.07. The summed E-state index contributed by atoms with van der Waals surface area (Å²) >= 11 is 0. The molecular formula is C20H28N6O. The zero-order chi connectivity index (χ0) is 18.8. The van der Waals surface area contributed by atoms with Gasteiger partial charge in [0.15, 0.2) is 0 Å². The normalized spacial score (nSPS) is 27.1. The van der Waals surface area contributed by atoms with Crippen LogP contribution in [0.25, 0.3) is 0 Å². The Hall–Kier alpha value is -2.25. The zero-order valence-corrected chi connectivity index (χ0v) is 16.1. The minimum atomic E-state index is 0.0789. The summed E-state index contributed by atoms with van der Waals surface area (Å²) in [6.07, 6.45) is 4.20. The third-order valence-corrected chi connectivity index (χ3v) is 5.72. The number of rotatable bonds is 6. The Balaban J connectivity index is 1.36. The van der Waals surface area contributed by atoms with Crippen molar-refractivity contribution in [3.63, 3.8) is 0 Å². The van der Waals surface area contributed by atoms with Crippen molar-refractivity contribution in [3.8, 4) is 0 Å². The quantitative estimate of drug-likeness (QED) is 0.841. The van der Waals surface area contributed by atoms with Crippen LogP contribution >= 0.6 is 0 Å². The minimum Gasteiger partial charge on any atom is -0.326 e. The number of anilines is 1. The maximum absolute atomic E-state index is 12.8. The molecule has 3 aliphatic heterocycles. The molecule has 144 valence electrons. The Morgan fingerprint density at radius 3 is 2.81 bits per heavy atom. The van der Waals surface area contributed by atoms with Crippen molar-refractivity contribution in [2.45, 2.75) is 32.0 Å². The number of carbonyl (C=O) groups excluding carboxylic acids is 1. The van der Waals surface area contributed by atoms with Crippen molar-refractivity contribution in [1.82, 2.24) is 24.8 Å². The van der Waals surface area contributed by atoms with Gasteiger partial charge < -0.3 is 10.2 Å². The molecule has 3 saturated heterocycles. The summed E-state index contributed by atoms with van der Waals surface area (Å²) in [6, 6.07) is 10.2. The highest BCUT2D eigenvalue weighted by Gasteiger charge is 2.43. The van der Waals surface area contributed by atoms with Crippen LogP contribution in [-0.4, -0.2) is 63.9 Å². The molecule has 3 fully saturated rings. The number of aromatic nitrogens is 3. The van der Waals surface area contributed by atoms with E-state index in [-0.39, 0.29) is 11.8 Å². The minimum absolute atomic E-state index is 0.0789. The molecule has 4 atom stereocenters.